The highest BCUT2D eigenvalue weighted by Gasteiger charge is 2.28. The van der Waals surface area contributed by atoms with Crippen LogP contribution in [0.3, 0.4) is 0 Å². The van der Waals surface area contributed by atoms with Crippen LogP contribution in [-0.4, -0.2) is 82.4 Å². The predicted octanol–water partition coefficient (Wildman–Crippen LogP) is 2.65. The monoisotopic (exact) mass is 501 g/mol. The summed E-state index contributed by atoms with van der Waals surface area (Å²) in [5, 5.41) is 36.2. The molecular weight excluding hydrogens is 462 g/mol. The van der Waals surface area contributed by atoms with Gasteiger partial charge in [0.05, 0.1) is 24.3 Å². The van der Waals surface area contributed by atoms with E-state index in [2.05, 4.69) is 10.6 Å². The van der Waals surface area contributed by atoms with Crippen LogP contribution in [0.25, 0.3) is 0 Å². The smallest absolute Gasteiger partial charge is 0.407 e. The number of aliphatic hydroxyl groups is 2. The first-order valence-corrected chi connectivity index (χ1v) is 12.0. The Morgan fingerprint density at radius 3 is 1.64 bits per heavy atom. The standard InChI is InChI=1S/C27H39N3O6/c1-27(2,3)36-26(35)29-22(16-20-13-9-6-10-14-20)24(32)18-30(4)17-23(31)21(28-25(33)34)15-19-11-7-5-8-12-19/h5-14,21-24,28,31-32H,15-18H2,1-4H3,(H,29,35)(H,33,34)/t21-,22?,23-,24?/m0/s1. The third kappa shape index (κ3) is 11.1. The van der Waals surface area contributed by atoms with E-state index in [1.54, 1.807) is 32.7 Å². The van der Waals surface area contributed by atoms with Gasteiger partial charge in [-0.25, -0.2) is 9.59 Å². The molecule has 2 amide bonds. The molecule has 0 aromatic heterocycles. The second-order valence-electron chi connectivity index (χ2n) is 10.0. The summed E-state index contributed by atoms with van der Waals surface area (Å²) in [6, 6.07) is 17.4. The van der Waals surface area contributed by atoms with E-state index < -0.39 is 42.1 Å². The topological polar surface area (TPSA) is 131 Å². The van der Waals surface area contributed by atoms with Crippen molar-refractivity contribution in [3.63, 3.8) is 0 Å². The van der Waals surface area contributed by atoms with Gasteiger partial charge in [0.25, 0.3) is 0 Å². The molecule has 0 radical (unpaired) electrons. The molecule has 2 aromatic carbocycles. The lowest BCUT2D eigenvalue weighted by atomic mass is 9.99. The first kappa shape index (κ1) is 29.1. The van der Waals surface area contributed by atoms with Crippen LogP contribution in [0.1, 0.15) is 31.9 Å². The van der Waals surface area contributed by atoms with E-state index in [0.717, 1.165) is 11.1 Å². The zero-order valence-corrected chi connectivity index (χ0v) is 21.4. The number of carbonyl (C=O) groups is 2. The maximum absolute atomic E-state index is 12.4. The van der Waals surface area contributed by atoms with Gasteiger partial charge in [-0.3, -0.25) is 0 Å². The molecule has 0 saturated carbocycles. The average molecular weight is 502 g/mol. The van der Waals surface area contributed by atoms with E-state index in [1.807, 2.05) is 60.7 Å². The van der Waals surface area contributed by atoms with Crippen molar-refractivity contribution in [2.75, 3.05) is 20.1 Å². The zero-order chi connectivity index (χ0) is 26.7. The van der Waals surface area contributed by atoms with Gasteiger partial charge in [-0.15, -0.1) is 0 Å². The minimum atomic E-state index is -1.22. The summed E-state index contributed by atoms with van der Waals surface area (Å²) in [6.07, 6.45) is -3.14. The lowest BCUT2D eigenvalue weighted by Gasteiger charge is -2.31. The number of carbonyl (C=O) groups excluding carboxylic acids is 1. The number of likely N-dealkylation sites (N-methyl/N-ethyl adjacent to an activating group) is 1. The van der Waals surface area contributed by atoms with Gasteiger partial charge in [0.1, 0.15) is 5.60 Å². The van der Waals surface area contributed by atoms with Crippen molar-refractivity contribution in [2.45, 2.75) is 63.5 Å². The van der Waals surface area contributed by atoms with Crippen molar-refractivity contribution in [1.82, 2.24) is 15.5 Å². The summed E-state index contributed by atoms with van der Waals surface area (Å²) in [6.45, 7) is 5.54. The molecule has 0 saturated heterocycles. The van der Waals surface area contributed by atoms with Crippen molar-refractivity contribution >= 4 is 12.2 Å². The molecule has 0 aliphatic rings. The molecule has 5 N–H and O–H groups in total. The first-order valence-electron chi connectivity index (χ1n) is 12.0. The fourth-order valence-corrected chi connectivity index (χ4v) is 3.89. The van der Waals surface area contributed by atoms with Crippen molar-refractivity contribution in [2.24, 2.45) is 0 Å². The molecule has 4 atom stereocenters. The lowest BCUT2D eigenvalue weighted by molar-refractivity contribution is 0.0312. The minimum absolute atomic E-state index is 0.110. The maximum Gasteiger partial charge on any atom is 0.407 e. The Kier molecular flexibility index (Phi) is 11.2. The number of ether oxygens (including phenoxy) is 1. The van der Waals surface area contributed by atoms with Crippen molar-refractivity contribution in [3.8, 4) is 0 Å². The molecule has 0 heterocycles. The molecule has 0 fully saturated rings. The Hall–Kier alpha value is -3.14. The molecular formula is C27H39N3O6. The average Bonchev–Trinajstić information content (AvgIpc) is 2.78. The number of nitrogens with one attached hydrogen (secondary N) is 2. The molecule has 2 aromatic rings. The quantitative estimate of drug-likeness (QED) is 0.302. The highest BCUT2D eigenvalue weighted by molar-refractivity contribution is 5.68. The third-order valence-electron chi connectivity index (χ3n) is 5.53. The Morgan fingerprint density at radius 1 is 0.833 bits per heavy atom. The number of hydrogen-bond acceptors (Lipinski definition) is 6. The van der Waals surface area contributed by atoms with Crippen LogP contribution in [0.4, 0.5) is 9.59 Å². The van der Waals surface area contributed by atoms with Gasteiger partial charge in [-0.1, -0.05) is 60.7 Å². The highest BCUT2D eigenvalue weighted by atomic mass is 16.6. The van der Waals surface area contributed by atoms with Crippen LogP contribution >= 0.6 is 0 Å². The largest absolute Gasteiger partial charge is 0.465 e. The van der Waals surface area contributed by atoms with Crippen molar-refractivity contribution < 1.29 is 29.6 Å². The predicted molar refractivity (Wildman–Crippen MR) is 138 cm³/mol. The molecule has 198 valence electrons. The molecule has 0 aliphatic carbocycles. The van der Waals surface area contributed by atoms with E-state index >= 15 is 0 Å². The summed E-state index contributed by atoms with van der Waals surface area (Å²) < 4.78 is 5.37. The Balaban J connectivity index is 2.04. The van der Waals surface area contributed by atoms with E-state index in [-0.39, 0.29) is 13.1 Å². The molecule has 0 bridgehead atoms. The molecule has 9 nitrogen and oxygen atoms in total. The van der Waals surface area contributed by atoms with Gasteiger partial charge in [-0.05, 0) is 51.8 Å². The number of alkyl carbamates (subject to hydrolysis) is 1. The van der Waals surface area contributed by atoms with Crippen molar-refractivity contribution in [3.05, 3.63) is 71.8 Å². The van der Waals surface area contributed by atoms with E-state index in [4.69, 9.17) is 4.74 Å². The number of rotatable bonds is 12. The number of amides is 2. The van der Waals surface area contributed by atoms with Crippen molar-refractivity contribution in [1.29, 1.82) is 0 Å². The van der Waals surface area contributed by atoms with Crippen LogP contribution in [0.5, 0.6) is 0 Å². The fraction of sp³-hybridized carbons (Fsp3) is 0.481. The molecule has 2 rings (SSSR count). The maximum atomic E-state index is 12.4. The van der Waals surface area contributed by atoms with Gasteiger partial charge >= 0.3 is 12.2 Å². The number of hydrogen-bond donors (Lipinski definition) is 5. The Morgan fingerprint density at radius 2 is 1.25 bits per heavy atom. The first-order chi connectivity index (χ1) is 16.9. The van der Waals surface area contributed by atoms with Gasteiger partial charge in [-0.2, -0.15) is 0 Å². The Bertz CT molecular complexity index is 936. The van der Waals surface area contributed by atoms with Gasteiger partial charge in [0.15, 0.2) is 0 Å². The van der Waals surface area contributed by atoms with Crippen LogP contribution in [0.2, 0.25) is 0 Å². The lowest BCUT2D eigenvalue weighted by Crippen LogP contribution is -2.52. The normalized spacial score (nSPS) is 15.0. The minimum Gasteiger partial charge on any atom is -0.465 e. The van der Waals surface area contributed by atoms with Crippen LogP contribution in [0, 0.1) is 0 Å². The molecule has 36 heavy (non-hydrogen) atoms. The summed E-state index contributed by atoms with van der Waals surface area (Å²) in [4.78, 5) is 25.4. The second kappa shape index (κ2) is 13.8. The van der Waals surface area contributed by atoms with Crippen LogP contribution in [0.15, 0.2) is 60.7 Å². The SMILES string of the molecule is CN(CC(O)C(Cc1ccccc1)NC(=O)OC(C)(C)C)C[C@H](O)[C@H](Cc1ccccc1)NC(=O)O. The number of benzene rings is 2. The van der Waals surface area contributed by atoms with Gasteiger partial charge in [0.2, 0.25) is 0 Å². The van der Waals surface area contributed by atoms with E-state index in [0.29, 0.717) is 12.8 Å². The molecule has 2 unspecified atom stereocenters. The fourth-order valence-electron chi connectivity index (χ4n) is 3.89. The third-order valence-corrected chi connectivity index (χ3v) is 5.53. The molecule has 9 heteroatoms. The Labute approximate surface area is 213 Å². The van der Waals surface area contributed by atoms with Crippen LogP contribution in [-0.2, 0) is 17.6 Å². The number of aliphatic hydroxyl groups excluding tert-OH is 2. The van der Waals surface area contributed by atoms with Crippen LogP contribution < -0.4 is 10.6 Å². The van der Waals surface area contributed by atoms with E-state index in [1.165, 1.54) is 0 Å². The summed E-state index contributed by atoms with van der Waals surface area (Å²) in [5.74, 6) is 0. The highest BCUT2D eigenvalue weighted by Crippen LogP contribution is 2.12. The second-order valence-corrected chi connectivity index (χ2v) is 10.0. The molecule has 0 spiro atoms. The van der Waals surface area contributed by atoms with Gasteiger partial charge in [0, 0.05) is 13.1 Å². The zero-order valence-electron chi connectivity index (χ0n) is 21.4. The summed E-state index contributed by atoms with van der Waals surface area (Å²) in [7, 11) is 1.72. The molecule has 0 aliphatic heterocycles. The number of nitrogens with zero attached hydrogens (tertiary/aromatic N) is 1. The summed E-state index contributed by atoms with van der Waals surface area (Å²) in [5.41, 5.74) is 1.15. The van der Waals surface area contributed by atoms with E-state index in [9.17, 15) is 24.9 Å². The van der Waals surface area contributed by atoms with Gasteiger partial charge < -0.3 is 35.6 Å². The summed E-state index contributed by atoms with van der Waals surface area (Å²) >= 11 is 0. The number of carboxylic acid groups (broad SMARTS) is 1.